The average molecular weight is 378 g/mol. The Kier molecular flexibility index (Phi) is 4.33. The van der Waals surface area contributed by atoms with Crippen molar-refractivity contribution in [3.63, 3.8) is 0 Å². The number of rotatable bonds is 3. The summed E-state index contributed by atoms with van der Waals surface area (Å²) in [5.74, 6) is 0.812. The Labute approximate surface area is 164 Å². The normalized spacial score (nSPS) is 21.6. The van der Waals surface area contributed by atoms with Gasteiger partial charge in [0.05, 0.1) is 36.7 Å². The number of ether oxygens (including phenoxy) is 1. The number of H-pyrrole nitrogens is 1. The smallest absolute Gasteiger partial charge is 0.152 e. The van der Waals surface area contributed by atoms with Gasteiger partial charge in [-0.05, 0) is 37.7 Å². The van der Waals surface area contributed by atoms with Gasteiger partial charge in [-0.3, -0.25) is 0 Å². The number of aromatic amines is 1. The third kappa shape index (κ3) is 2.97. The van der Waals surface area contributed by atoms with Crippen LogP contribution in [0.1, 0.15) is 31.9 Å². The molecule has 6 heteroatoms. The lowest BCUT2D eigenvalue weighted by Crippen LogP contribution is -2.41. The highest BCUT2D eigenvalue weighted by atomic mass is 16.5. The second-order valence-corrected chi connectivity index (χ2v) is 8.24. The first kappa shape index (κ1) is 17.6. The predicted molar refractivity (Wildman–Crippen MR) is 109 cm³/mol. The van der Waals surface area contributed by atoms with Gasteiger partial charge in [0.1, 0.15) is 5.69 Å². The zero-order chi connectivity index (χ0) is 19.1. The molecule has 1 spiro atoms. The van der Waals surface area contributed by atoms with Crippen LogP contribution in [-0.4, -0.2) is 45.9 Å². The minimum atomic E-state index is -0.112. The maximum atomic E-state index is 9.98. The highest BCUT2D eigenvalue weighted by molar-refractivity contribution is 5.93. The first-order chi connectivity index (χ1) is 13.7. The van der Waals surface area contributed by atoms with Gasteiger partial charge >= 0.3 is 0 Å². The van der Waals surface area contributed by atoms with E-state index in [2.05, 4.69) is 22.9 Å². The van der Waals surface area contributed by atoms with E-state index in [4.69, 9.17) is 14.7 Å². The molecule has 0 bridgehead atoms. The summed E-state index contributed by atoms with van der Waals surface area (Å²) in [7, 11) is 0. The lowest BCUT2D eigenvalue weighted by atomic mass is 9.77. The molecule has 1 aromatic carbocycles. The molecule has 3 aromatic rings. The van der Waals surface area contributed by atoms with Gasteiger partial charge in [-0.25, -0.2) is 9.97 Å². The van der Waals surface area contributed by atoms with Crippen molar-refractivity contribution >= 4 is 16.7 Å². The van der Waals surface area contributed by atoms with Gasteiger partial charge in [0.15, 0.2) is 5.82 Å². The largest absolute Gasteiger partial charge is 0.390 e. The Hall–Kier alpha value is -2.44. The van der Waals surface area contributed by atoms with Crippen LogP contribution in [0.15, 0.2) is 36.7 Å². The van der Waals surface area contributed by atoms with E-state index in [0.717, 1.165) is 66.9 Å². The van der Waals surface area contributed by atoms with Crippen molar-refractivity contribution in [3.8, 4) is 11.3 Å². The Morgan fingerprint density at radius 1 is 1.29 bits per heavy atom. The number of fused-ring (bicyclic) bond motifs is 1. The van der Waals surface area contributed by atoms with Crippen molar-refractivity contribution in [1.82, 2.24) is 15.0 Å². The number of aliphatic hydroxyl groups is 1. The van der Waals surface area contributed by atoms with Crippen molar-refractivity contribution in [2.75, 3.05) is 24.6 Å². The molecule has 4 heterocycles. The average Bonchev–Trinajstić information content (AvgIpc) is 3.35. The second-order valence-electron chi connectivity index (χ2n) is 8.24. The molecule has 2 aliphatic rings. The molecular weight excluding hydrogens is 352 g/mol. The molecule has 0 radical (unpaired) electrons. The zero-order valence-electron chi connectivity index (χ0n) is 16.2. The first-order valence-corrected chi connectivity index (χ1v) is 10.1. The Morgan fingerprint density at radius 2 is 2.14 bits per heavy atom. The number of nitrogens with zero attached hydrogens (tertiary/aromatic N) is 3. The Morgan fingerprint density at radius 3 is 2.89 bits per heavy atom. The lowest BCUT2D eigenvalue weighted by Gasteiger charge is -2.39. The van der Waals surface area contributed by atoms with E-state index in [1.54, 1.807) is 0 Å². The molecule has 2 N–H and O–H groups in total. The molecule has 1 atom stereocenters. The van der Waals surface area contributed by atoms with Gasteiger partial charge in [0.25, 0.3) is 0 Å². The first-order valence-electron chi connectivity index (χ1n) is 10.1. The Bertz CT molecular complexity index is 991. The number of para-hydroxylation sites is 1. The van der Waals surface area contributed by atoms with E-state index >= 15 is 0 Å². The number of hydrogen-bond donors (Lipinski definition) is 2. The topological polar surface area (TPSA) is 74.3 Å². The summed E-state index contributed by atoms with van der Waals surface area (Å²) in [6.07, 6.45) is 7.49. The second kappa shape index (κ2) is 6.87. The third-order valence-corrected chi connectivity index (χ3v) is 6.35. The fraction of sp³-hybridized carbons (Fsp3) is 0.455. The van der Waals surface area contributed by atoms with Gasteiger partial charge < -0.3 is 19.7 Å². The number of nitrogens with one attached hydrogen (secondary N) is 1. The summed E-state index contributed by atoms with van der Waals surface area (Å²) in [6.45, 7) is 4.80. The minimum Gasteiger partial charge on any atom is -0.390 e. The summed E-state index contributed by atoms with van der Waals surface area (Å²) in [5.41, 5.74) is 3.81. The zero-order valence-corrected chi connectivity index (χ0v) is 16.2. The van der Waals surface area contributed by atoms with E-state index in [1.807, 2.05) is 30.6 Å². The summed E-state index contributed by atoms with van der Waals surface area (Å²) in [4.78, 5) is 15.0. The quantitative estimate of drug-likeness (QED) is 0.730. The van der Waals surface area contributed by atoms with E-state index in [1.165, 1.54) is 0 Å². The number of anilines is 1. The highest BCUT2D eigenvalue weighted by Crippen LogP contribution is 2.42. The van der Waals surface area contributed by atoms with Crippen LogP contribution in [0.3, 0.4) is 0 Å². The van der Waals surface area contributed by atoms with Crippen LogP contribution in [0.4, 0.5) is 5.82 Å². The van der Waals surface area contributed by atoms with Crippen LogP contribution in [0.2, 0.25) is 0 Å². The monoisotopic (exact) mass is 378 g/mol. The van der Waals surface area contributed by atoms with Crippen LogP contribution in [0.5, 0.6) is 0 Å². The fourth-order valence-corrected chi connectivity index (χ4v) is 4.81. The number of hydrogen-bond acceptors (Lipinski definition) is 5. The summed E-state index contributed by atoms with van der Waals surface area (Å²) < 4.78 is 5.84. The third-order valence-electron chi connectivity index (χ3n) is 6.35. The molecule has 28 heavy (non-hydrogen) atoms. The Balaban J connectivity index is 1.42. The van der Waals surface area contributed by atoms with Gasteiger partial charge in [-0.1, -0.05) is 18.2 Å². The SMILES string of the molecule is C[C@H]1CC2(CCN(c3ncc(-c4cccc5cc[nH]c45)nc3CO)CC2)CO1. The van der Waals surface area contributed by atoms with Crippen LogP contribution in [-0.2, 0) is 11.3 Å². The molecule has 6 nitrogen and oxygen atoms in total. The summed E-state index contributed by atoms with van der Waals surface area (Å²) in [5, 5.41) is 11.1. The van der Waals surface area contributed by atoms with Gasteiger partial charge in [-0.15, -0.1) is 0 Å². The molecule has 2 aliphatic heterocycles. The van der Waals surface area contributed by atoms with Crippen molar-refractivity contribution in [1.29, 1.82) is 0 Å². The minimum absolute atomic E-state index is 0.112. The molecule has 0 amide bonds. The lowest BCUT2D eigenvalue weighted by molar-refractivity contribution is 0.0975. The number of aliphatic hydroxyl groups excluding tert-OH is 1. The van der Waals surface area contributed by atoms with Crippen molar-refractivity contribution < 1.29 is 9.84 Å². The molecule has 0 saturated carbocycles. The molecule has 2 saturated heterocycles. The molecule has 146 valence electrons. The van der Waals surface area contributed by atoms with E-state index in [-0.39, 0.29) is 6.61 Å². The number of benzene rings is 1. The fourth-order valence-electron chi connectivity index (χ4n) is 4.81. The van der Waals surface area contributed by atoms with Crippen LogP contribution < -0.4 is 4.90 Å². The van der Waals surface area contributed by atoms with Gasteiger partial charge in [0, 0.05) is 30.2 Å². The molecule has 5 rings (SSSR count). The predicted octanol–water partition coefficient (Wildman–Crippen LogP) is 3.51. The van der Waals surface area contributed by atoms with Crippen LogP contribution in [0.25, 0.3) is 22.2 Å². The maximum absolute atomic E-state index is 9.98. The van der Waals surface area contributed by atoms with E-state index in [9.17, 15) is 5.11 Å². The van der Waals surface area contributed by atoms with Crippen molar-refractivity contribution in [2.45, 2.75) is 38.9 Å². The molecule has 2 aromatic heterocycles. The standard InChI is InChI=1S/C22H26N4O2/c1-15-11-22(14-28-15)6-9-26(10-7-22)21-19(13-27)25-18(12-24-21)17-4-2-3-16-5-8-23-20(16)17/h2-5,8,12,15,23,27H,6-7,9-11,13-14H2,1H3/t15-/m0/s1. The summed E-state index contributed by atoms with van der Waals surface area (Å²) in [6, 6.07) is 8.18. The van der Waals surface area contributed by atoms with Crippen molar-refractivity contribution in [3.05, 3.63) is 42.4 Å². The number of piperidine rings is 1. The van der Waals surface area contributed by atoms with Crippen LogP contribution >= 0.6 is 0 Å². The van der Waals surface area contributed by atoms with E-state index < -0.39 is 0 Å². The summed E-state index contributed by atoms with van der Waals surface area (Å²) >= 11 is 0. The van der Waals surface area contributed by atoms with E-state index in [0.29, 0.717) is 17.2 Å². The van der Waals surface area contributed by atoms with Gasteiger partial charge in [0.2, 0.25) is 0 Å². The molecule has 2 fully saturated rings. The molecule has 0 unspecified atom stereocenters. The number of aromatic nitrogens is 3. The molecule has 0 aliphatic carbocycles. The highest BCUT2D eigenvalue weighted by Gasteiger charge is 2.41. The maximum Gasteiger partial charge on any atom is 0.152 e. The van der Waals surface area contributed by atoms with Gasteiger partial charge in [-0.2, -0.15) is 0 Å². The van der Waals surface area contributed by atoms with Crippen LogP contribution in [0, 0.1) is 5.41 Å². The molecular formula is C22H26N4O2. The van der Waals surface area contributed by atoms with Crippen molar-refractivity contribution in [2.24, 2.45) is 5.41 Å².